The topological polar surface area (TPSA) is 50.7 Å². The van der Waals surface area contributed by atoms with Crippen LogP contribution in [0.25, 0.3) is 21.6 Å². The third kappa shape index (κ3) is 2.57. The van der Waals surface area contributed by atoms with Gasteiger partial charge in [-0.25, -0.2) is 9.97 Å². The van der Waals surface area contributed by atoms with Crippen LogP contribution in [0.5, 0.6) is 0 Å². The second-order valence-electron chi connectivity index (χ2n) is 5.84. The van der Waals surface area contributed by atoms with Crippen LogP contribution in [0, 0.1) is 6.92 Å². The van der Waals surface area contributed by atoms with Crippen LogP contribution < -0.4 is 5.32 Å². The van der Waals surface area contributed by atoms with E-state index in [1.165, 1.54) is 30.6 Å². The molecule has 1 aliphatic carbocycles. The predicted octanol–water partition coefficient (Wildman–Crippen LogP) is 4.42. The first kappa shape index (κ1) is 13.6. The number of anilines is 1. The van der Waals surface area contributed by atoms with Gasteiger partial charge in [0.1, 0.15) is 10.6 Å². The fourth-order valence-electron chi connectivity index (χ4n) is 3.04. The second-order valence-corrected chi connectivity index (χ2v) is 7.07. The van der Waals surface area contributed by atoms with Crippen molar-refractivity contribution < 1.29 is 0 Å². The number of nitrogens with one attached hydrogen (secondary N) is 1. The van der Waals surface area contributed by atoms with Crippen LogP contribution in [-0.2, 0) is 0 Å². The fraction of sp³-hybridized carbons (Fsp3) is 0.353. The summed E-state index contributed by atoms with van der Waals surface area (Å²) in [4.78, 5) is 16.0. The van der Waals surface area contributed by atoms with E-state index in [9.17, 15) is 0 Å². The number of nitrogens with zero attached hydrogens (tertiary/aromatic N) is 3. The summed E-state index contributed by atoms with van der Waals surface area (Å²) in [6.07, 6.45) is 8.68. The Kier molecular flexibility index (Phi) is 3.50. The van der Waals surface area contributed by atoms with E-state index in [1.807, 2.05) is 18.3 Å². The first-order valence-electron chi connectivity index (χ1n) is 7.75. The van der Waals surface area contributed by atoms with E-state index in [0.717, 1.165) is 27.4 Å². The van der Waals surface area contributed by atoms with Crippen molar-refractivity contribution in [1.82, 2.24) is 15.0 Å². The molecular formula is C17H18N4S. The van der Waals surface area contributed by atoms with E-state index in [-0.39, 0.29) is 0 Å². The van der Waals surface area contributed by atoms with E-state index in [4.69, 9.17) is 9.97 Å². The van der Waals surface area contributed by atoms with Crippen molar-refractivity contribution in [2.24, 2.45) is 0 Å². The fourth-order valence-corrected chi connectivity index (χ4v) is 3.92. The summed E-state index contributed by atoms with van der Waals surface area (Å²) in [5, 5.41) is 4.78. The van der Waals surface area contributed by atoms with Crippen LogP contribution in [0.15, 0.2) is 30.6 Å². The highest BCUT2D eigenvalue weighted by Gasteiger charge is 2.18. The summed E-state index contributed by atoms with van der Waals surface area (Å²) in [6, 6.07) is 6.66. The van der Waals surface area contributed by atoms with Gasteiger partial charge < -0.3 is 5.32 Å². The number of hydrogen-bond donors (Lipinski definition) is 1. The third-order valence-electron chi connectivity index (χ3n) is 4.13. The molecule has 0 unspecified atom stereocenters. The summed E-state index contributed by atoms with van der Waals surface area (Å²) in [5.41, 5.74) is 0.963. The maximum Gasteiger partial charge on any atom is 0.164 e. The minimum atomic E-state index is 0.542. The zero-order valence-electron chi connectivity index (χ0n) is 12.5. The summed E-state index contributed by atoms with van der Waals surface area (Å²) in [7, 11) is 0. The Morgan fingerprint density at radius 2 is 2.09 bits per heavy atom. The van der Waals surface area contributed by atoms with E-state index in [1.54, 1.807) is 17.5 Å². The van der Waals surface area contributed by atoms with Gasteiger partial charge in [0.2, 0.25) is 0 Å². The highest BCUT2D eigenvalue weighted by molar-refractivity contribution is 7.18. The highest BCUT2D eigenvalue weighted by Crippen LogP contribution is 2.32. The molecule has 1 aliphatic rings. The standard InChI is InChI=1S/C17H18N4S/c1-11-9-14-16(19-13-6-2-3-7-13)20-15(21-17(14)22-11)12-5-4-8-18-10-12/h4-5,8-10,13H,2-3,6-7H2,1H3,(H,19,20,21). The van der Waals surface area contributed by atoms with Crippen molar-refractivity contribution in [3.05, 3.63) is 35.5 Å². The van der Waals surface area contributed by atoms with Crippen molar-refractivity contribution in [2.75, 3.05) is 5.32 Å². The number of fused-ring (bicyclic) bond motifs is 1. The molecule has 3 aromatic heterocycles. The SMILES string of the molecule is Cc1cc2c(NC3CCCC3)nc(-c3cccnc3)nc2s1. The van der Waals surface area contributed by atoms with Crippen LogP contribution in [0.1, 0.15) is 30.6 Å². The van der Waals surface area contributed by atoms with Gasteiger partial charge in [0.05, 0.1) is 5.39 Å². The molecule has 0 spiro atoms. The van der Waals surface area contributed by atoms with Gasteiger partial charge in [0.25, 0.3) is 0 Å². The van der Waals surface area contributed by atoms with Crippen molar-refractivity contribution in [1.29, 1.82) is 0 Å². The van der Waals surface area contributed by atoms with Crippen LogP contribution in [0.3, 0.4) is 0 Å². The maximum absolute atomic E-state index is 4.79. The molecule has 0 radical (unpaired) electrons. The summed E-state index contributed by atoms with van der Waals surface area (Å²) < 4.78 is 0. The number of rotatable bonds is 3. The van der Waals surface area contributed by atoms with Crippen molar-refractivity contribution in [3.63, 3.8) is 0 Å². The molecule has 0 amide bonds. The number of aryl methyl sites for hydroxylation is 1. The molecule has 1 saturated carbocycles. The van der Waals surface area contributed by atoms with E-state index in [2.05, 4.69) is 23.3 Å². The van der Waals surface area contributed by atoms with Gasteiger partial charge in [-0.05, 0) is 38.0 Å². The van der Waals surface area contributed by atoms with Crippen LogP contribution >= 0.6 is 11.3 Å². The van der Waals surface area contributed by atoms with Gasteiger partial charge in [-0.15, -0.1) is 11.3 Å². The molecule has 0 saturated heterocycles. The van der Waals surface area contributed by atoms with Crippen LogP contribution in [0.2, 0.25) is 0 Å². The first-order chi connectivity index (χ1) is 10.8. The molecule has 4 nitrogen and oxygen atoms in total. The molecule has 4 rings (SSSR count). The Balaban J connectivity index is 1.81. The Bertz CT molecular complexity index is 791. The molecule has 3 heterocycles. The van der Waals surface area contributed by atoms with Crippen molar-refractivity contribution >= 4 is 27.4 Å². The lowest BCUT2D eigenvalue weighted by molar-refractivity contribution is 0.752. The number of hydrogen-bond acceptors (Lipinski definition) is 5. The summed E-state index contributed by atoms with van der Waals surface area (Å²) in [5.74, 6) is 1.73. The minimum Gasteiger partial charge on any atom is -0.367 e. The lowest BCUT2D eigenvalue weighted by Crippen LogP contribution is -2.16. The molecule has 3 aromatic rings. The quantitative estimate of drug-likeness (QED) is 0.778. The van der Waals surface area contributed by atoms with Crippen molar-refractivity contribution in [2.45, 2.75) is 38.6 Å². The average Bonchev–Trinajstić information content (AvgIpc) is 3.16. The number of thiophene rings is 1. The molecule has 0 aromatic carbocycles. The van der Waals surface area contributed by atoms with Gasteiger partial charge in [0.15, 0.2) is 5.82 Å². The average molecular weight is 310 g/mol. The van der Waals surface area contributed by atoms with Gasteiger partial charge in [0, 0.05) is 28.9 Å². The van der Waals surface area contributed by atoms with Gasteiger partial charge in [-0.3, -0.25) is 4.98 Å². The van der Waals surface area contributed by atoms with E-state index in [0.29, 0.717) is 6.04 Å². The molecule has 0 atom stereocenters. The molecule has 1 fully saturated rings. The Morgan fingerprint density at radius 3 is 2.86 bits per heavy atom. The van der Waals surface area contributed by atoms with Gasteiger partial charge in [-0.2, -0.15) is 0 Å². The monoisotopic (exact) mass is 310 g/mol. The molecule has 5 heteroatoms. The summed E-state index contributed by atoms with van der Waals surface area (Å²) >= 11 is 1.72. The maximum atomic E-state index is 4.79. The van der Waals surface area contributed by atoms with Gasteiger partial charge in [-0.1, -0.05) is 12.8 Å². The smallest absolute Gasteiger partial charge is 0.164 e. The van der Waals surface area contributed by atoms with Gasteiger partial charge >= 0.3 is 0 Å². The normalized spacial score (nSPS) is 15.5. The molecule has 0 bridgehead atoms. The van der Waals surface area contributed by atoms with Crippen LogP contribution in [0.4, 0.5) is 5.82 Å². The largest absolute Gasteiger partial charge is 0.367 e. The van der Waals surface area contributed by atoms with E-state index < -0.39 is 0 Å². The zero-order valence-corrected chi connectivity index (χ0v) is 13.4. The summed E-state index contributed by atoms with van der Waals surface area (Å²) in [6.45, 7) is 2.12. The molecule has 1 N–H and O–H groups in total. The molecule has 112 valence electrons. The number of aromatic nitrogens is 3. The Labute approximate surface area is 133 Å². The third-order valence-corrected chi connectivity index (χ3v) is 5.08. The highest BCUT2D eigenvalue weighted by atomic mass is 32.1. The predicted molar refractivity (Wildman–Crippen MR) is 91.3 cm³/mol. The minimum absolute atomic E-state index is 0.542. The number of pyridine rings is 1. The Morgan fingerprint density at radius 1 is 1.23 bits per heavy atom. The lowest BCUT2D eigenvalue weighted by atomic mass is 10.2. The Hall–Kier alpha value is -2.01. The lowest BCUT2D eigenvalue weighted by Gasteiger charge is -2.14. The molecule has 22 heavy (non-hydrogen) atoms. The van der Waals surface area contributed by atoms with Crippen molar-refractivity contribution in [3.8, 4) is 11.4 Å². The van der Waals surface area contributed by atoms with Crippen LogP contribution in [-0.4, -0.2) is 21.0 Å². The first-order valence-corrected chi connectivity index (χ1v) is 8.56. The second kappa shape index (κ2) is 5.65. The molecular weight excluding hydrogens is 292 g/mol. The molecule has 0 aliphatic heterocycles. The van der Waals surface area contributed by atoms with E-state index >= 15 is 0 Å². The zero-order chi connectivity index (χ0) is 14.9.